The van der Waals surface area contributed by atoms with Crippen LogP contribution in [0.25, 0.3) is 0 Å². The number of hydrogen-bond acceptors (Lipinski definition) is 3. The molecule has 4 heteroatoms. The highest BCUT2D eigenvalue weighted by atomic mass is 19.1. The zero-order valence-corrected chi connectivity index (χ0v) is 7.94. The number of rotatable bonds is 1. The molecular weight excluding hydrogens is 181 g/mol. The van der Waals surface area contributed by atoms with Crippen molar-refractivity contribution in [2.45, 2.75) is 5.92 Å². The van der Waals surface area contributed by atoms with Crippen LogP contribution in [0.5, 0.6) is 0 Å². The molecule has 1 aromatic carbocycles. The highest BCUT2D eigenvalue weighted by molar-refractivity contribution is 5.70. The van der Waals surface area contributed by atoms with Crippen LogP contribution in [0, 0.1) is 5.82 Å². The Morgan fingerprint density at radius 1 is 1.57 bits per heavy atom. The van der Waals surface area contributed by atoms with Crippen molar-refractivity contribution in [1.82, 2.24) is 5.01 Å². The lowest BCUT2D eigenvalue weighted by Crippen LogP contribution is -2.13. The number of nitrogen functional groups attached to an aromatic ring is 1. The van der Waals surface area contributed by atoms with Gasteiger partial charge in [0.2, 0.25) is 0 Å². The molecular formula is C10H12FN3. The fraction of sp³-hybridized carbons (Fsp3) is 0.300. The van der Waals surface area contributed by atoms with Crippen molar-refractivity contribution in [3.05, 3.63) is 29.6 Å². The summed E-state index contributed by atoms with van der Waals surface area (Å²) in [6, 6.07) is 4.78. The summed E-state index contributed by atoms with van der Waals surface area (Å²) in [6.07, 6.45) is 1.76. The van der Waals surface area contributed by atoms with Gasteiger partial charge in [-0.15, -0.1) is 0 Å². The Labute approximate surface area is 82.0 Å². The summed E-state index contributed by atoms with van der Waals surface area (Å²) in [5, 5.41) is 5.86. The van der Waals surface area contributed by atoms with Crippen LogP contribution in [0.3, 0.4) is 0 Å². The van der Waals surface area contributed by atoms with Gasteiger partial charge in [0.25, 0.3) is 0 Å². The van der Waals surface area contributed by atoms with Crippen LogP contribution in [0.15, 0.2) is 23.3 Å². The Morgan fingerprint density at radius 2 is 2.36 bits per heavy atom. The van der Waals surface area contributed by atoms with E-state index in [0.717, 1.165) is 6.54 Å². The first-order valence-electron chi connectivity index (χ1n) is 4.47. The summed E-state index contributed by atoms with van der Waals surface area (Å²) in [5.74, 6) is -0.211. The highest BCUT2D eigenvalue weighted by Crippen LogP contribution is 2.23. The first kappa shape index (κ1) is 8.99. The molecule has 1 aliphatic rings. The lowest BCUT2D eigenvalue weighted by Gasteiger charge is -2.11. The molecule has 0 fully saturated rings. The molecule has 1 unspecified atom stereocenters. The zero-order chi connectivity index (χ0) is 10.1. The minimum absolute atomic E-state index is 0.0422. The molecule has 1 heterocycles. The van der Waals surface area contributed by atoms with E-state index in [2.05, 4.69) is 5.10 Å². The SMILES string of the molecule is CN1CC(c2ccc(N)cc2F)C=N1. The van der Waals surface area contributed by atoms with Crippen molar-refractivity contribution in [3.8, 4) is 0 Å². The molecule has 0 amide bonds. The van der Waals surface area contributed by atoms with E-state index in [4.69, 9.17) is 5.73 Å². The predicted octanol–water partition coefficient (Wildman–Crippen LogP) is 1.42. The minimum Gasteiger partial charge on any atom is -0.399 e. The summed E-state index contributed by atoms with van der Waals surface area (Å²) < 4.78 is 13.5. The van der Waals surface area contributed by atoms with E-state index >= 15 is 0 Å². The Bertz CT molecular complexity index is 376. The summed E-state index contributed by atoms with van der Waals surface area (Å²) in [5.41, 5.74) is 6.58. The molecule has 74 valence electrons. The third-order valence-corrected chi connectivity index (χ3v) is 2.33. The van der Waals surface area contributed by atoms with Gasteiger partial charge in [-0.1, -0.05) is 6.07 Å². The number of nitrogens with zero attached hydrogens (tertiary/aromatic N) is 2. The van der Waals surface area contributed by atoms with Crippen LogP contribution >= 0.6 is 0 Å². The number of hydrogen-bond donors (Lipinski definition) is 1. The Kier molecular flexibility index (Phi) is 2.11. The molecule has 1 aromatic rings. The molecule has 0 spiro atoms. The zero-order valence-electron chi connectivity index (χ0n) is 7.94. The van der Waals surface area contributed by atoms with E-state index < -0.39 is 0 Å². The smallest absolute Gasteiger partial charge is 0.129 e. The topological polar surface area (TPSA) is 41.6 Å². The molecule has 14 heavy (non-hydrogen) atoms. The maximum absolute atomic E-state index is 13.5. The van der Waals surface area contributed by atoms with Crippen molar-refractivity contribution >= 4 is 11.9 Å². The first-order valence-corrected chi connectivity index (χ1v) is 4.47. The van der Waals surface area contributed by atoms with Gasteiger partial charge < -0.3 is 5.73 Å². The van der Waals surface area contributed by atoms with Crippen LogP contribution < -0.4 is 5.73 Å². The number of nitrogens with two attached hydrogens (primary N) is 1. The molecule has 0 aromatic heterocycles. The minimum atomic E-state index is -0.253. The van der Waals surface area contributed by atoms with Crippen LogP contribution in [-0.2, 0) is 0 Å². The molecule has 2 rings (SSSR count). The second-order valence-corrected chi connectivity index (χ2v) is 3.49. The Morgan fingerprint density at radius 3 is 2.93 bits per heavy atom. The number of halogens is 1. The molecule has 0 bridgehead atoms. The highest BCUT2D eigenvalue weighted by Gasteiger charge is 2.19. The maximum Gasteiger partial charge on any atom is 0.129 e. The van der Waals surface area contributed by atoms with Crippen molar-refractivity contribution in [3.63, 3.8) is 0 Å². The lowest BCUT2D eigenvalue weighted by molar-refractivity contribution is 0.379. The third kappa shape index (κ3) is 1.55. The Balaban J connectivity index is 2.29. The van der Waals surface area contributed by atoms with Crippen LogP contribution in [-0.4, -0.2) is 24.8 Å². The number of benzene rings is 1. The largest absolute Gasteiger partial charge is 0.399 e. The van der Waals surface area contributed by atoms with Gasteiger partial charge in [-0.3, -0.25) is 5.01 Å². The molecule has 0 aliphatic carbocycles. The lowest BCUT2D eigenvalue weighted by atomic mass is 10.00. The average molecular weight is 193 g/mol. The number of likely N-dealkylation sites (N-methyl/N-ethyl adjacent to an activating group) is 1. The second kappa shape index (κ2) is 3.29. The predicted molar refractivity (Wildman–Crippen MR) is 54.7 cm³/mol. The van der Waals surface area contributed by atoms with Gasteiger partial charge in [-0.2, -0.15) is 5.10 Å². The summed E-state index contributed by atoms with van der Waals surface area (Å²) in [4.78, 5) is 0. The van der Waals surface area contributed by atoms with Crippen molar-refractivity contribution in [2.24, 2.45) is 5.10 Å². The van der Waals surface area contributed by atoms with Crippen molar-refractivity contribution in [2.75, 3.05) is 19.3 Å². The Hall–Kier alpha value is -1.58. The molecule has 0 radical (unpaired) electrons. The van der Waals surface area contributed by atoms with Gasteiger partial charge in [0.1, 0.15) is 5.82 Å². The number of hydrazone groups is 1. The van der Waals surface area contributed by atoms with Crippen LogP contribution in [0.2, 0.25) is 0 Å². The fourth-order valence-electron chi connectivity index (χ4n) is 1.60. The van der Waals surface area contributed by atoms with E-state index in [0.29, 0.717) is 11.3 Å². The van der Waals surface area contributed by atoms with E-state index in [1.54, 1.807) is 23.4 Å². The monoisotopic (exact) mass is 193 g/mol. The molecule has 2 N–H and O–H groups in total. The molecule has 1 aliphatic heterocycles. The van der Waals surface area contributed by atoms with Gasteiger partial charge in [0.05, 0.1) is 0 Å². The van der Waals surface area contributed by atoms with Crippen molar-refractivity contribution < 1.29 is 4.39 Å². The molecule has 0 saturated carbocycles. The van der Waals surface area contributed by atoms with Crippen LogP contribution in [0.1, 0.15) is 11.5 Å². The van der Waals surface area contributed by atoms with Gasteiger partial charge in [0.15, 0.2) is 0 Å². The van der Waals surface area contributed by atoms with E-state index in [1.807, 2.05) is 7.05 Å². The summed E-state index contributed by atoms with van der Waals surface area (Å²) in [7, 11) is 1.87. The fourth-order valence-corrected chi connectivity index (χ4v) is 1.60. The average Bonchev–Trinajstić information content (AvgIpc) is 2.51. The van der Waals surface area contributed by atoms with Gasteiger partial charge in [0, 0.05) is 31.4 Å². The van der Waals surface area contributed by atoms with E-state index in [9.17, 15) is 4.39 Å². The number of anilines is 1. The molecule has 3 nitrogen and oxygen atoms in total. The first-order chi connectivity index (χ1) is 6.66. The van der Waals surface area contributed by atoms with Crippen molar-refractivity contribution in [1.29, 1.82) is 0 Å². The second-order valence-electron chi connectivity index (χ2n) is 3.49. The quantitative estimate of drug-likeness (QED) is 0.685. The summed E-state index contributed by atoms with van der Waals surface area (Å²) >= 11 is 0. The van der Waals surface area contributed by atoms with E-state index in [1.165, 1.54) is 6.07 Å². The molecule has 1 atom stereocenters. The van der Waals surface area contributed by atoms with Gasteiger partial charge in [-0.05, 0) is 17.7 Å². The standard InChI is InChI=1S/C10H12FN3/c1-14-6-7(5-13-14)9-3-2-8(12)4-10(9)11/h2-5,7H,6,12H2,1H3. The van der Waals surface area contributed by atoms with E-state index in [-0.39, 0.29) is 11.7 Å². The summed E-state index contributed by atoms with van der Waals surface area (Å²) in [6.45, 7) is 0.723. The van der Waals surface area contributed by atoms with Gasteiger partial charge in [-0.25, -0.2) is 4.39 Å². The normalized spacial score (nSPS) is 20.4. The maximum atomic E-state index is 13.5. The van der Waals surface area contributed by atoms with Gasteiger partial charge >= 0.3 is 0 Å². The van der Waals surface area contributed by atoms with Crippen LogP contribution in [0.4, 0.5) is 10.1 Å². The molecule has 0 saturated heterocycles. The third-order valence-electron chi connectivity index (χ3n) is 2.33.